The van der Waals surface area contributed by atoms with Crippen molar-refractivity contribution in [2.45, 2.75) is 31.8 Å². The number of hydroxylamine groups is 2. The number of aliphatic carboxylic acids is 2. The average Bonchev–Trinajstić information content (AvgIpc) is 2.89. The van der Waals surface area contributed by atoms with Crippen LogP contribution in [0.15, 0.2) is 91.0 Å². The van der Waals surface area contributed by atoms with Gasteiger partial charge in [0.15, 0.2) is 6.04 Å². The van der Waals surface area contributed by atoms with E-state index in [1.807, 2.05) is 60.7 Å². The Hall–Kier alpha value is -4.01. The number of aliphatic hydroxyl groups excluding tert-OH is 1. The van der Waals surface area contributed by atoms with Crippen molar-refractivity contribution in [2.75, 3.05) is 6.61 Å². The summed E-state index contributed by atoms with van der Waals surface area (Å²) in [6, 6.07) is 25.7. The Morgan fingerprint density at radius 3 is 1.57 bits per heavy atom. The van der Waals surface area contributed by atoms with E-state index >= 15 is 0 Å². The smallest absolute Gasteiger partial charge is 0.328 e. The molecule has 3 rings (SSSR count). The molecular formula is C29H31NO7. The molecule has 3 aromatic carbocycles. The fraction of sp³-hybridized carbons (Fsp3) is 0.276. The van der Waals surface area contributed by atoms with Crippen LogP contribution in [-0.4, -0.2) is 50.9 Å². The van der Waals surface area contributed by atoms with Crippen molar-refractivity contribution in [3.8, 4) is 0 Å². The molecule has 0 aromatic heterocycles. The Balaban J connectivity index is 1.86. The zero-order chi connectivity index (χ0) is 26.6. The second-order valence-electron chi connectivity index (χ2n) is 8.85. The lowest BCUT2D eigenvalue weighted by Crippen LogP contribution is -2.45. The first kappa shape index (κ1) is 27.6. The normalized spacial score (nSPS) is 13.5. The first-order valence-electron chi connectivity index (χ1n) is 12.0. The molecule has 0 fully saturated rings. The summed E-state index contributed by atoms with van der Waals surface area (Å²) in [5.41, 5.74) is 2.33. The molecule has 3 N–H and O–H groups in total. The lowest BCUT2D eigenvalue weighted by atomic mass is 9.86. The van der Waals surface area contributed by atoms with E-state index in [1.165, 1.54) is 0 Å². The maximum atomic E-state index is 13.5. The number of rotatable bonds is 14. The highest BCUT2D eigenvalue weighted by molar-refractivity contribution is 5.77. The van der Waals surface area contributed by atoms with Gasteiger partial charge in [-0.15, -0.1) is 5.06 Å². The van der Waals surface area contributed by atoms with Gasteiger partial charge in [0.05, 0.1) is 25.0 Å². The number of carbonyl (C=O) groups is 3. The average molecular weight is 506 g/mol. The molecule has 8 nitrogen and oxygen atoms in total. The number of carbonyl (C=O) groups excluding carboxylic acids is 1. The quantitative estimate of drug-likeness (QED) is 0.284. The Morgan fingerprint density at radius 1 is 0.676 bits per heavy atom. The molecule has 0 bridgehead atoms. The molecule has 0 aliphatic carbocycles. The molecule has 3 aromatic rings. The Morgan fingerprint density at radius 2 is 1.14 bits per heavy atom. The first-order chi connectivity index (χ1) is 17.9. The Bertz CT molecular complexity index is 1140. The van der Waals surface area contributed by atoms with Crippen molar-refractivity contribution in [1.82, 2.24) is 5.06 Å². The molecule has 0 aliphatic rings. The molecule has 194 valence electrons. The van der Waals surface area contributed by atoms with Gasteiger partial charge in [0.1, 0.15) is 0 Å². The van der Waals surface area contributed by atoms with Gasteiger partial charge in [-0.25, -0.2) is 0 Å². The zero-order valence-corrected chi connectivity index (χ0v) is 20.3. The molecule has 8 heteroatoms. The van der Waals surface area contributed by atoms with Crippen LogP contribution in [0.3, 0.4) is 0 Å². The summed E-state index contributed by atoms with van der Waals surface area (Å²) < 4.78 is 0. The largest absolute Gasteiger partial charge is 0.481 e. The van der Waals surface area contributed by atoms with Gasteiger partial charge in [0.25, 0.3) is 0 Å². The van der Waals surface area contributed by atoms with Crippen LogP contribution in [-0.2, 0) is 38.6 Å². The maximum absolute atomic E-state index is 13.5. The van der Waals surface area contributed by atoms with E-state index in [0.717, 1.165) is 16.2 Å². The van der Waals surface area contributed by atoms with Crippen LogP contribution in [0.2, 0.25) is 0 Å². The van der Waals surface area contributed by atoms with Gasteiger partial charge in [0.2, 0.25) is 0 Å². The van der Waals surface area contributed by atoms with Gasteiger partial charge in [-0.05, 0) is 36.0 Å². The molecule has 3 atom stereocenters. The number of carboxylic acids is 2. The highest BCUT2D eigenvalue weighted by Crippen LogP contribution is 2.24. The fourth-order valence-corrected chi connectivity index (χ4v) is 4.13. The maximum Gasteiger partial charge on any atom is 0.328 e. The van der Waals surface area contributed by atoms with Crippen molar-refractivity contribution in [1.29, 1.82) is 0 Å². The monoisotopic (exact) mass is 505 g/mol. The van der Waals surface area contributed by atoms with Gasteiger partial charge in [-0.1, -0.05) is 91.0 Å². The van der Waals surface area contributed by atoms with E-state index in [-0.39, 0.29) is 25.8 Å². The van der Waals surface area contributed by atoms with Crippen LogP contribution in [0, 0.1) is 11.8 Å². The van der Waals surface area contributed by atoms with E-state index in [4.69, 9.17) is 4.84 Å². The summed E-state index contributed by atoms with van der Waals surface area (Å²) in [6.07, 6.45) is 0.444. The van der Waals surface area contributed by atoms with Gasteiger partial charge in [-0.3, -0.25) is 14.4 Å². The molecule has 0 saturated heterocycles. The third-order valence-electron chi connectivity index (χ3n) is 6.10. The second-order valence-corrected chi connectivity index (χ2v) is 8.85. The van der Waals surface area contributed by atoms with E-state index in [1.54, 1.807) is 30.3 Å². The topological polar surface area (TPSA) is 124 Å². The standard InChI is InChI=1S/C29H31NO7/c31-20-26(28(34)35)30(19-23-14-8-3-9-15-23)37-29(36)25(17-22-12-6-2-7-13-22)18-24(27(32)33)16-21-10-4-1-5-11-21/h1-15,24-26,31H,16-20H2,(H,32,33)(H,34,35)/t24-,25-,26+/m1/s1. The number of benzene rings is 3. The number of hydrogen-bond donors (Lipinski definition) is 3. The first-order valence-corrected chi connectivity index (χ1v) is 12.0. The van der Waals surface area contributed by atoms with Crippen LogP contribution in [0.5, 0.6) is 0 Å². The van der Waals surface area contributed by atoms with Crippen LogP contribution >= 0.6 is 0 Å². The lowest BCUT2D eigenvalue weighted by molar-refractivity contribution is -0.218. The van der Waals surface area contributed by atoms with Gasteiger partial charge in [0, 0.05) is 0 Å². The molecular weight excluding hydrogens is 474 g/mol. The van der Waals surface area contributed by atoms with E-state index in [9.17, 15) is 29.7 Å². The second kappa shape index (κ2) is 13.9. The lowest BCUT2D eigenvalue weighted by Gasteiger charge is -2.28. The van der Waals surface area contributed by atoms with Gasteiger partial charge >= 0.3 is 17.9 Å². The summed E-state index contributed by atoms with van der Waals surface area (Å²) >= 11 is 0. The Labute approximate surface area is 215 Å². The highest BCUT2D eigenvalue weighted by atomic mass is 16.7. The van der Waals surface area contributed by atoms with Crippen LogP contribution in [0.4, 0.5) is 0 Å². The van der Waals surface area contributed by atoms with Gasteiger partial charge in [-0.2, -0.15) is 0 Å². The molecule has 0 aliphatic heterocycles. The molecule has 0 saturated carbocycles. The van der Waals surface area contributed by atoms with E-state index in [2.05, 4.69) is 0 Å². The molecule has 0 unspecified atom stereocenters. The minimum atomic E-state index is -1.49. The third-order valence-corrected chi connectivity index (χ3v) is 6.10. The predicted octanol–water partition coefficient (Wildman–Crippen LogP) is 3.58. The molecule has 0 spiro atoms. The third kappa shape index (κ3) is 8.56. The SMILES string of the molecule is O=C(O)[C@H](Cc1ccccc1)C[C@@H](Cc1ccccc1)C(=O)ON(Cc1ccccc1)[C@@H](CO)C(=O)O. The minimum Gasteiger partial charge on any atom is -0.481 e. The summed E-state index contributed by atoms with van der Waals surface area (Å²) in [5.74, 6) is -4.86. The van der Waals surface area contributed by atoms with Crippen molar-refractivity contribution in [3.05, 3.63) is 108 Å². The number of hydrogen-bond acceptors (Lipinski definition) is 6. The summed E-state index contributed by atoms with van der Waals surface area (Å²) in [7, 11) is 0. The van der Waals surface area contributed by atoms with Crippen molar-refractivity contribution in [3.63, 3.8) is 0 Å². The highest BCUT2D eigenvalue weighted by Gasteiger charge is 2.34. The number of nitrogens with zero attached hydrogens (tertiary/aromatic N) is 1. The van der Waals surface area contributed by atoms with Gasteiger partial charge < -0.3 is 20.2 Å². The Kier molecular flexibility index (Phi) is 10.4. The summed E-state index contributed by atoms with van der Waals surface area (Å²) in [5, 5.41) is 30.2. The van der Waals surface area contributed by atoms with Crippen LogP contribution < -0.4 is 0 Å². The van der Waals surface area contributed by atoms with Crippen LogP contribution in [0.1, 0.15) is 23.1 Å². The zero-order valence-electron chi connectivity index (χ0n) is 20.3. The fourth-order valence-electron chi connectivity index (χ4n) is 4.13. The molecule has 0 radical (unpaired) electrons. The number of aliphatic hydroxyl groups is 1. The summed E-state index contributed by atoms with van der Waals surface area (Å²) in [6.45, 7) is -0.834. The predicted molar refractivity (Wildman–Crippen MR) is 136 cm³/mol. The summed E-state index contributed by atoms with van der Waals surface area (Å²) in [4.78, 5) is 43.0. The van der Waals surface area contributed by atoms with E-state index in [0.29, 0.717) is 5.56 Å². The molecule has 0 amide bonds. The minimum absolute atomic E-state index is 0.00596. The van der Waals surface area contributed by atoms with Crippen molar-refractivity contribution in [2.24, 2.45) is 11.8 Å². The number of carboxylic acid groups (broad SMARTS) is 2. The van der Waals surface area contributed by atoms with E-state index < -0.39 is 42.4 Å². The molecule has 0 heterocycles. The van der Waals surface area contributed by atoms with Crippen molar-refractivity contribution < 1.29 is 34.5 Å². The van der Waals surface area contributed by atoms with Crippen LogP contribution in [0.25, 0.3) is 0 Å². The van der Waals surface area contributed by atoms with Crippen molar-refractivity contribution >= 4 is 17.9 Å². The molecule has 37 heavy (non-hydrogen) atoms.